The van der Waals surface area contributed by atoms with E-state index in [1.807, 2.05) is 13.0 Å². The van der Waals surface area contributed by atoms with Crippen molar-refractivity contribution < 1.29 is 5.11 Å². The molecular weight excluding hydrogens is 268 g/mol. The molecule has 1 aliphatic carbocycles. The number of rotatable bonds is 4. The van der Waals surface area contributed by atoms with Gasteiger partial charge in [-0.15, -0.1) is 0 Å². The number of aromatic hydroxyl groups is 1. The van der Waals surface area contributed by atoms with Crippen LogP contribution in [0.2, 0.25) is 0 Å². The SMILES string of the molecule is Cc1cc(C2(CCc3ccccc3)CCCCC2)ccc1O. The molecule has 1 fully saturated rings. The lowest BCUT2D eigenvalue weighted by Gasteiger charge is -2.38. The van der Waals surface area contributed by atoms with Gasteiger partial charge in [0.15, 0.2) is 0 Å². The second-order valence-electron chi connectivity index (χ2n) is 6.83. The average molecular weight is 294 g/mol. The molecular formula is C21H26O. The number of phenols is 1. The summed E-state index contributed by atoms with van der Waals surface area (Å²) in [5.41, 5.74) is 4.16. The van der Waals surface area contributed by atoms with E-state index in [1.165, 1.54) is 49.7 Å². The third-order valence-electron chi connectivity index (χ3n) is 5.35. The highest BCUT2D eigenvalue weighted by Gasteiger charge is 2.33. The zero-order valence-corrected chi connectivity index (χ0v) is 13.5. The highest BCUT2D eigenvalue weighted by atomic mass is 16.3. The molecule has 0 saturated heterocycles. The highest BCUT2D eigenvalue weighted by molar-refractivity contribution is 5.39. The largest absolute Gasteiger partial charge is 0.508 e. The third-order valence-corrected chi connectivity index (χ3v) is 5.35. The number of hydrogen-bond acceptors (Lipinski definition) is 1. The molecule has 1 saturated carbocycles. The Hall–Kier alpha value is -1.76. The van der Waals surface area contributed by atoms with Crippen LogP contribution in [0, 0.1) is 6.92 Å². The fourth-order valence-electron chi connectivity index (χ4n) is 3.93. The standard InChI is InChI=1S/C21H26O/c1-17-16-19(10-11-20(17)22)21(13-6-3-7-14-21)15-12-18-8-4-2-5-9-18/h2,4-5,8-11,16,22H,3,6-7,12-15H2,1H3. The maximum atomic E-state index is 9.83. The van der Waals surface area contributed by atoms with Crippen molar-refractivity contribution in [3.63, 3.8) is 0 Å². The Bertz CT molecular complexity index is 609. The first-order valence-corrected chi connectivity index (χ1v) is 8.54. The van der Waals surface area contributed by atoms with Gasteiger partial charge in [0.25, 0.3) is 0 Å². The molecule has 2 aromatic carbocycles. The van der Waals surface area contributed by atoms with E-state index in [0.29, 0.717) is 11.2 Å². The van der Waals surface area contributed by atoms with Gasteiger partial charge < -0.3 is 5.11 Å². The molecule has 0 bridgehead atoms. The molecule has 0 aromatic heterocycles. The lowest BCUT2D eigenvalue weighted by atomic mass is 9.66. The minimum atomic E-state index is 0.298. The van der Waals surface area contributed by atoms with Crippen LogP contribution < -0.4 is 0 Å². The van der Waals surface area contributed by atoms with E-state index in [2.05, 4.69) is 42.5 Å². The maximum absolute atomic E-state index is 9.83. The van der Waals surface area contributed by atoms with E-state index in [-0.39, 0.29) is 0 Å². The zero-order chi connectivity index (χ0) is 15.4. The summed E-state index contributed by atoms with van der Waals surface area (Å²) in [6, 6.07) is 17.1. The summed E-state index contributed by atoms with van der Waals surface area (Å²) in [5, 5.41) is 9.83. The van der Waals surface area contributed by atoms with Gasteiger partial charge in [-0.1, -0.05) is 61.7 Å². The predicted molar refractivity (Wildman–Crippen MR) is 92.4 cm³/mol. The van der Waals surface area contributed by atoms with Crippen molar-refractivity contribution in [1.29, 1.82) is 0 Å². The van der Waals surface area contributed by atoms with Gasteiger partial charge in [0.05, 0.1) is 0 Å². The van der Waals surface area contributed by atoms with Gasteiger partial charge >= 0.3 is 0 Å². The lowest BCUT2D eigenvalue weighted by Crippen LogP contribution is -2.29. The predicted octanol–water partition coefficient (Wildman–Crippen LogP) is 5.54. The molecule has 0 aliphatic heterocycles. The monoisotopic (exact) mass is 294 g/mol. The molecule has 2 aromatic rings. The molecule has 1 heteroatoms. The van der Waals surface area contributed by atoms with Gasteiger partial charge in [-0.2, -0.15) is 0 Å². The molecule has 0 unspecified atom stereocenters. The van der Waals surface area contributed by atoms with E-state index in [1.54, 1.807) is 0 Å². The maximum Gasteiger partial charge on any atom is 0.118 e. The molecule has 0 spiro atoms. The van der Waals surface area contributed by atoms with Crippen LogP contribution in [-0.2, 0) is 11.8 Å². The molecule has 1 nitrogen and oxygen atoms in total. The van der Waals surface area contributed by atoms with E-state index in [9.17, 15) is 5.11 Å². The van der Waals surface area contributed by atoms with Crippen molar-refractivity contribution in [2.24, 2.45) is 0 Å². The summed E-state index contributed by atoms with van der Waals surface area (Å²) in [4.78, 5) is 0. The molecule has 1 N–H and O–H groups in total. The number of aryl methyl sites for hydroxylation is 2. The van der Waals surface area contributed by atoms with Crippen molar-refractivity contribution in [3.8, 4) is 5.75 Å². The summed E-state index contributed by atoms with van der Waals surface area (Å²) in [7, 11) is 0. The molecule has 0 heterocycles. The van der Waals surface area contributed by atoms with Crippen LogP contribution in [0.4, 0.5) is 0 Å². The fraction of sp³-hybridized carbons (Fsp3) is 0.429. The van der Waals surface area contributed by atoms with Gasteiger partial charge in [-0.3, -0.25) is 0 Å². The Kier molecular flexibility index (Phi) is 4.52. The minimum Gasteiger partial charge on any atom is -0.508 e. The van der Waals surface area contributed by atoms with Crippen LogP contribution in [0.3, 0.4) is 0 Å². The molecule has 3 rings (SSSR count). The first-order chi connectivity index (χ1) is 10.7. The Morgan fingerprint density at radius 2 is 1.68 bits per heavy atom. The second kappa shape index (κ2) is 6.56. The fourth-order valence-corrected chi connectivity index (χ4v) is 3.93. The Morgan fingerprint density at radius 1 is 0.955 bits per heavy atom. The number of hydrogen-bond donors (Lipinski definition) is 1. The van der Waals surface area contributed by atoms with Gasteiger partial charge in [-0.05, 0) is 60.8 Å². The van der Waals surface area contributed by atoms with E-state index < -0.39 is 0 Å². The van der Waals surface area contributed by atoms with E-state index in [0.717, 1.165) is 12.0 Å². The summed E-state index contributed by atoms with van der Waals surface area (Å²) >= 11 is 0. The Morgan fingerprint density at radius 3 is 2.36 bits per heavy atom. The molecule has 0 amide bonds. The smallest absolute Gasteiger partial charge is 0.118 e. The van der Waals surface area contributed by atoms with Crippen molar-refractivity contribution in [2.75, 3.05) is 0 Å². The summed E-state index contributed by atoms with van der Waals surface area (Å²) in [5.74, 6) is 0.415. The quantitative estimate of drug-likeness (QED) is 0.785. The topological polar surface area (TPSA) is 20.2 Å². The van der Waals surface area contributed by atoms with Gasteiger partial charge in [0, 0.05) is 0 Å². The van der Waals surface area contributed by atoms with E-state index >= 15 is 0 Å². The molecule has 22 heavy (non-hydrogen) atoms. The highest BCUT2D eigenvalue weighted by Crippen LogP contribution is 2.43. The van der Waals surface area contributed by atoms with Crippen LogP contribution in [0.15, 0.2) is 48.5 Å². The normalized spacial score (nSPS) is 17.3. The van der Waals surface area contributed by atoms with Crippen LogP contribution in [0.1, 0.15) is 55.2 Å². The lowest BCUT2D eigenvalue weighted by molar-refractivity contribution is 0.273. The first kappa shape index (κ1) is 15.1. The Labute approximate surface area is 134 Å². The summed E-state index contributed by atoms with van der Waals surface area (Å²) in [6.45, 7) is 2.01. The molecule has 1 aliphatic rings. The van der Waals surface area contributed by atoms with Crippen LogP contribution in [0.25, 0.3) is 0 Å². The molecule has 0 atom stereocenters. The average Bonchev–Trinajstić information content (AvgIpc) is 2.57. The van der Waals surface area contributed by atoms with Crippen molar-refractivity contribution in [1.82, 2.24) is 0 Å². The third kappa shape index (κ3) is 3.19. The summed E-state index contributed by atoms with van der Waals surface area (Å²) < 4.78 is 0. The first-order valence-electron chi connectivity index (χ1n) is 8.54. The van der Waals surface area contributed by atoms with E-state index in [4.69, 9.17) is 0 Å². The Balaban J connectivity index is 1.85. The number of benzene rings is 2. The van der Waals surface area contributed by atoms with Gasteiger partial charge in [0.2, 0.25) is 0 Å². The van der Waals surface area contributed by atoms with Gasteiger partial charge in [-0.25, -0.2) is 0 Å². The van der Waals surface area contributed by atoms with Crippen molar-refractivity contribution in [2.45, 2.75) is 57.3 Å². The van der Waals surface area contributed by atoms with Gasteiger partial charge in [0.1, 0.15) is 5.75 Å². The summed E-state index contributed by atoms with van der Waals surface area (Å²) in [6.07, 6.45) is 8.93. The van der Waals surface area contributed by atoms with Crippen LogP contribution in [0.5, 0.6) is 5.75 Å². The molecule has 116 valence electrons. The zero-order valence-electron chi connectivity index (χ0n) is 13.5. The molecule has 0 radical (unpaired) electrons. The van der Waals surface area contributed by atoms with Crippen LogP contribution >= 0.6 is 0 Å². The van der Waals surface area contributed by atoms with Crippen molar-refractivity contribution in [3.05, 3.63) is 65.2 Å². The second-order valence-corrected chi connectivity index (χ2v) is 6.83. The number of phenolic OH excluding ortho intramolecular Hbond substituents is 1. The van der Waals surface area contributed by atoms with Crippen molar-refractivity contribution >= 4 is 0 Å². The minimum absolute atomic E-state index is 0.298. The van der Waals surface area contributed by atoms with Crippen LogP contribution in [-0.4, -0.2) is 5.11 Å².